The molecule has 0 aromatic heterocycles. The topological polar surface area (TPSA) is 73.2 Å². The van der Waals surface area contributed by atoms with Gasteiger partial charge in [-0.25, -0.2) is 0 Å². The molecule has 0 radical (unpaired) electrons. The van der Waals surface area contributed by atoms with Crippen LogP contribution in [0.25, 0.3) is 0 Å². The van der Waals surface area contributed by atoms with E-state index in [2.05, 4.69) is 4.90 Å². The Balaban J connectivity index is 2.16. The van der Waals surface area contributed by atoms with Gasteiger partial charge in [0.15, 0.2) is 0 Å². The van der Waals surface area contributed by atoms with Gasteiger partial charge in [-0.2, -0.15) is 0 Å². The third-order valence-electron chi connectivity index (χ3n) is 2.91. The lowest BCUT2D eigenvalue weighted by molar-refractivity contribution is -0.138. The van der Waals surface area contributed by atoms with E-state index in [9.17, 15) is 9.90 Å². The first-order valence-corrected chi connectivity index (χ1v) is 6.43. The minimum atomic E-state index is -0.784. The second-order valence-corrected chi connectivity index (χ2v) is 5.01. The zero-order chi connectivity index (χ0) is 13.5. The molecule has 18 heavy (non-hydrogen) atoms. The fourth-order valence-electron chi connectivity index (χ4n) is 1.98. The van der Waals surface area contributed by atoms with E-state index in [1.165, 1.54) is 0 Å². The van der Waals surface area contributed by atoms with E-state index in [4.69, 9.17) is 9.84 Å². The molecule has 0 saturated carbocycles. The predicted molar refractivity (Wildman–Crippen MR) is 67.6 cm³/mol. The summed E-state index contributed by atoms with van der Waals surface area (Å²) in [5.74, 6) is -0.784. The van der Waals surface area contributed by atoms with Crippen LogP contribution in [-0.2, 0) is 9.53 Å². The number of rotatable bonds is 7. The van der Waals surface area contributed by atoms with Gasteiger partial charge in [0.1, 0.15) is 0 Å². The largest absolute Gasteiger partial charge is 0.480 e. The van der Waals surface area contributed by atoms with Crippen molar-refractivity contribution in [3.8, 4) is 0 Å². The van der Waals surface area contributed by atoms with Gasteiger partial charge in [0.2, 0.25) is 0 Å². The molecule has 0 aromatic carbocycles. The SMILES string of the molecule is CC(C)OCC(O)CN1CCN(CC(=O)O)CC1. The van der Waals surface area contributed by atoms with Gasteiger partial charge in [0.25, 0.3) is 0 Å². The van der Waals surface area contributed by atoms with Gasteiger partial charge in [-0.05, 0) is 13.8 Å². The number of aliphatic carboxylic acids is 1. The molecule has 6 nitrogen and oxygen atoms in total. The number of β-amino-alcohol motifs (C(OH)–C–C–N with tert-alkyl or cyclic N) is 1. The third kappa shape index (κ3) is 6.30. The van der Waals surface area contributed by atoms with Crippen LogP contribution >= 0.6 is 0 Å². The summed E-state index contributed by atoms with van der Waals surface area (Å²) in [4.78, 5) is 14.6. The van der Waals surface area contributed by atoms with Crippen molar-refractivity contribution < 1.29 is 19.7 Å². The maximum absolute atomic E-state index is 10.6. The summed E-state index contributed by atoms with van der Waals surface area (Å²) in [6.07, 6.45) is -0.342. The Hall–Kier alpha value is -0.690. The van der Waals surface area contributed by atoms with Crippen molar-refractivity contribution in [2.24, 2.45) is 0 Å². The summed E-state index contributed by atoms with van der Waals surface area (Å²) in [5, 5.41) is 18.5. The van der Waals surface area contributed by atoms with Crippen molar-refractivity contribution >= 4 is 5.97 Å². The number of carboxylic acid groups (broad SMARTS) is 1. The number of aliphatic hydroxyl groups excluding tert-OH is 1. The summed E-state index contributed by atoms with van der Waals surface area (Å²) in [6, 6.07) is 0. The van der Waals surface area contributed by atoms with E-state index in [1.807, 2.05) is 18.7 Å². The van der Waals surface area contributed by atoms with E-state index in [0.717, 1.165) is 26.2 Å². The summed E-state index contributed by atoms with van der Waals surface area (Å²) in [6.45, 7) is 8.01. The number of hydrogen-bond donors (Lipinski definition) is 2. The van der Waals surface area contributed by atoms with Gasteiger partial charge < -0.3 is 14.9 Å². The Morgan fingerprint density at radius 2 is 1.78 bits per heavy atom. The van der Waals surface area contributed by atoms with Gasteiger partial charge in [0.05, 0.1) is 25.4 Å². The predicted octanol–water partition coefficient (Wildman–Crippen LogP) is -0.525. The van der Waals surface area contributed by atoms with E-state index >= 15 is 0 Å². The Morgan fingerprint density at radius 1 is 1.22 bits per heavy atom. The molecular formula is C12H24N2O4. The van der Waals surface area contributed by atoms with Crippen LogP contribution < -0.4 is 0 Å². The van der Waals surface area contributed by atoms with E-state index in [0.29, 0.717) is 13.2 Å². The van der Waals surface area contributed by atoms with Crippen molar-refractivity contribution in [2.45, 2.75) is 26.1 Å². The highest BCUT2D eigenvalue weighted by Crippen LogP contribution is 2.03. The molecule has 0 bridgehead atoms. The van der Waals surface area contributed by atoms with Crippen LogP contribution in [-0.4, -0.2) is 84.1 Å². The Kier molecular flexibility index (Phi) is 6.56. The smallest absolute Gasteiger partial charge is 0.317 e. The van der Waals surface area contributed by atoms with Crippen LogP contribution in [0.4, 0.5) is 0 Å². The van der Waals surface area contributed by atoms with Crippen LogP contribution in [0.5, 0.6) is 0 Å². The molecule has 1 heterocycles. The number of hydrogen-bond acceptors (Lipinski definition) is 5. The summed E-state index contributed by atoms with van der Waals surface area (Å²) in [7, 11) is 0. The van der Waals surface area contributed by atoms with Gasteiger partial charge in [0, 0.05) is 32.7 Å². The molecule has 1 atom stereocenters. The lowest BCUT2D eigenvalue weighted by Gasteiger charge is -2.34. The molecular weight excluding hydrogens is 236 g/mol. The van der Waals surface area contributed by atoms with Gasteiger partial charge in [-0.15, -0.1) is 0 Å². The third-order valence-corrected chi connectivity index (χ3v) is 2.91. The van der Waals surface area contributed by atoms with E-state index < -0.39 is 12.1 Å². The number of aliphatic hydroxyl groups is 1. The summed E-state index contributed by atoms with van der Waals surface area (Å²) < 4.78 is 5.35. The highest BCUT2D eigenvalue weighted by atomic mass is 16.5. The second-order valence-electron chi connectivity index (χ2n) is 5.01. The molecule has 1 unspecified atom stereocenters. The maximum Gasteiger partial charge on any atom is 0.317 e. The van der Waals surface area contributed by atoms with E-state index in [1.54, 1.807) is 0 Å². The Labute approximate surface area is 108 Å². The van der Waals surface area contributed by atoms with Crippen molar-refractivity contribution in [3.05, 3.63) is 0 Å². The van der Waals surface area contributed by atoms with Gasteiger partial charge in [-0.1, -0.05) is 0 Å². The number of carbonyl (C=O) groups is 1. The minimum Gasteiger partial charge on any atom is -0.480 e. The zero-order valence-corrected chi connectivity index (χ0v) is 11.2. The Bertz CT molecular complexity index is 252. The molecule has 1 aliphatic heterocycles. The second kappa shape index (κ2) is 7.68. The molecule has 1 aliphatic rings. The maximum atomic E-state index is 10.6. The van der Waals surface area contributed by atoms with E-state index in [-0.39, 0.29) is 12.6 Å². The lowest BCUT2D eigenvalue weighted by Crippen LogP contribution is -2.50. The summed E-state index contributed by atoms with van der Waals surface area (Å²) >= 11 is 0. The van der Waals surface area contributed by atoms with Crippen LogP contribution in [0.2, 0.25) is 0 Å². The van der Waals surface area contributed by atoms with Crippen molar-refractivity contribution in [1.82, 2.24) is 9.80 Å². The van der Waals surface area contributed by atoms with Crippen LogP contribution in [0.3, 0.4) is 0 Å². The van der Waals surface area contributed by atoms with Crippen molar-refractivity contribution in [1.29, 1.82) is 0 Å². The number of ether oxygens (including phenoxy) is 1. The molecule has 0 spiro atoms. The molecule has 2 N–H and O–H groups in total. The zero-order valence-electron chi connectivity index (χ0n) is 11.2. The van der Waals surface area contributed by atoms with Crippen LogP contribution in [0, 0.1) is 0 Å². The van der Waals surface area contributed by atoms with Gasteiger partial charge in [-0.3, -0.25) is 14.6 Å². The molecule has 106 valence electrons. The molecule has 0 aliphatic carbocycles. The fourth-order valence-corrected chi connectivity index (χ4v) is 1.98. The van der Waals surface area contributed by atoms with Crippen molar-refractivity contribution in [3.63, 3.8) is 0 Å². The highest BCUT2D eigenvalue weighted by molar-refractivity contribution is 5.69. The number of piperazine rings is 1. The molecule has 1 rings (SSSR count). The standard InChI is InChI=1S/C12H24N2O4/c1-10(2)18-9-11(15)7-13-3-5-14(6-4-13)8-12(16)17/h10-11,15H,3-9H2,1-2H3,(H,16,17). The fraction of sp³-hybridized carbons (Fsp3) is 0.917. The number of carboxylic acids is 1. The average Bonchev–Trinajstić information content (AvgIpc) is 2.28. The first-order chi connectivity index (χ1) is 8.47. The quantitative estimate of drug-likeness (QED) is 0.641. The minimum absolute atomic E-state index is 0.104. The van der Waals surface area contributed by atoms with Gasteiger partial charge >= 0.3 is 5.97 Å². The summed E-state index contributed by atoms with van der Waals surface area (Å²) in [5.41, 5.74) is 0. The first kappa shape index (κ1) is 15.4. The van der Waals surface area contributed by atoms with Crippen LogP contribution in [0.15, 0.2) is 0 Å². The monoisotopic (exact) mass is 260 g/mol. The molecule has 0 aromatic rings. The lowest BCUT2D eigenvalue weighted by atomic mass is 10.2. The molecule has 1 saturated heterocycles. The van der Waals surface area contributed by atoms with Crippen LogP contribution in [0.1, 0.15) is 13.8 Å². The molecule has 0 amide bonds. The van der Waals surface area contributed by atoms with Crippen molar-refractivity contribution in [2.75, 3.05) is 45.9 Å². The first-order valence-electron chi connectivity index (χ1n) is 6.43. The molecule has 1 fully saturated rings. The average molecular weight is 260 g/mol. The highest BCUT2D eigenvalue weighted by Gasteiger charge is 2.20. The Morgan fingerprint density at radius 3 is 2.28 bits per heavy atom. The number of nitrogens with zero attached hydrogens (tertiary/aromatic N) is 2. The molecule has 6 heteroatoms. The normalized spacial score (nSPS) is 20.2.